The molecule has 0 spiro atoms. The molecule has 1 aliphatic heterocycles. The second kappa shape index (κ2) is 4.25. The Kier molecular flexibility index (Phi) is 3.61. The summed E-state index contributed by atoms with van der Waals surface area (Å²) in [5, 5.41) is 0. The van der Waals surface area contributed by atoms with Crippen LogP contribution >= 0.6 is 0 Å². The molecule has 17 heavy (non-hydrogen) atoms. The zero-order valence-corrected chi connectivity index (χ0v) is 11.9. The molecule has 0 saturated carbocycles. The first-order valence-corrected chi connectivity index (χ1v) is 6.02. The van der Waals surface area contributed by atoms with E-state index in [1.165, 1.54) is 0 Å². The normalized spacial score (nSPS) is 29.7. The molecule has 4 heteroatoms. The third-order valence-electron chi connectivity index (χ3n) is 2.55. The first-order chi connectivity index (χ1) is 7.44. The highest BCUT2D eigenvalue weighted by atomic mass is 17.3. The molecule has 0 aromatic rings. The second-order valence-corrected chi connectivity index (χ2v) is 7.04. The van der Waals surface area contributed by atoms with Crippen molar-refractivity contribution >= 4 is 5.97 Å². The molecule has 1 saturated heterocycles. The SMILES string of the molecule is CC(C)(C)CC1OOC1(C)C(=O)OC(C)(C)C. The van der Waals surface area contributed by atoms with Gasteiger partial charge in [-0.05, 0) is 39.5 Å². The molecule has 2 unspecified atom stereocenters. The quantitative estimate of drug-likeness (QED) is 0.553. The summed E-state index contributed by atoms with van der Waals surface area (Å²) in [4.78, 5) is 22.1. The largest absolute Gasteiger partial charge is 0.458 e. The van der Waals surface area contributed by atoms with Crippen molar-refractivity contribution in [1.82, 2.24) is 0 Å². The maximum absolute atomic E-state index is 12.0. The molecule has 0 aromatic heterocycles. The first kappa shape index (κ1) is 14.5. The van der Waals surface area contributed by atoms with E-state index in [-0.39, 0.29) is 17.5 Å². The van der Waals surface area contributed by atoms with Gasteiger partial charge in [-0.25, -0.2) is 14.6 Å². The minimum atomic E-state index is -0.972. The summed E-state index contributed by atoms with van der Waals surface area (Å²) in [6.45, 7) is 13.5. The summed E-state index contributed by atoms with van der Waals surface area (Å²) in [7, 11) is 0. The molecule has 1 heterocycles. The third-order valence-corrected chi connectivity index (χ3v) is 2.55. The Labute approximate surface area is 104 Å². The number of rotatable bonds is 2. The highest BCUT2D eigenvalue weighted by Gasteiger charge is 2.56. The predicted molar refractivity (Wildman–Crippen MR) is 64.3 cm³/mol. The lowest BCUT2D eigenvalue weighted by atomic mass is 9.82. The van der Waals surface area contributed by atoms with E-state index in [4.69, 9.17) is 14.5 Å². The molecule has 1 fully saturated rings. The highest BCUT2D eigenvalue weighted by molar-refractivity contribution is 5.81. The van der Waals surface area contributed by atoms with Gasteiger partial charge >= 0.3 is 5.97 Å². The lowest BCUT2D eigenvalue weighted by molar-refractivity contribution is -0.496. The van der Waals surface area contributed by atoms with Gasteiger partial charge in [0.2, 0.25) is 5.60 Å². The van der Waals surface area contributed by atoms with E-state index in [9.17, 15) is 4.79 Å². The summed E-state index contributed by atoms with van der Waals surface area (Å²) in [5.74, 6) is -0.356. The number of carbonyl (C=O) groups is 1. The number of hydrogen-bond acceptors (Lipinski definition) is 4. The first-order valence-electron chi connectivity index (χ1n) is 6.02. The molecule has 0 radical (unpaired) electrons. The number of esters is 1. The highest BCUT2D eigenvalue weighted by Crippen LogP contribution is 2.39. The third kappa shape index (κ3) is 3.68. The Bertz CT molecular complexity index is 298. The van der Waals surface area contributed by atoms with Gasteiger partial charge in [-0.3, -0.25) is 0 Å². The Morgan fingerprint density at radius 1 is 1.24 bits per heavy atom. The van der Waals surface area contributed by atoms with Crippen LogP contribution in [0.2, 0.25) is 0 Å². The number of carbonyl (C=O) groups excluding carboxylic acids is 1. The van der Waals surface area contributed by atoms with Gasteiger partial charge in [0.15, 0.2) is 0 Å². The van der Waals surface area contributed by atoms with Crippen LogP contribution in [0.25, 0.3) is 0 Å². The van der Waals surface area contributed by atoms with Crippen LogP contribution in [0.5, 0.6) is 0 Å². The van der Waals surface area contributed by atoms with E-state index in [1.807, 2.05) is 20.8 Å². The van der Waals surface area contributed by atoms with E-state index in [0.29, 0.717) is 0 Å². The van der Waals surface area contributed by atoms with E-state index in [0.717, 1.165) is 6.42 Å². The molecule has 1 rings (SSSR count). The maximum Gasteiger partial charge on any atom is 0.344 e. The zero-order chi connectivity index (χ0) is 13.5. The Morgan fingerprint density at radius 3 is 2.06 bits per heavy atom. The molecular weight excluding hydrogens is 220 g/mol. The van der Waals surface area contributed by atoms with Gasteiger partial charge in [0, 0.05) is 0 Å². The van der Waals surface area contributed by atoms with Crippen LogP contribution in [0.3, 0.4) is 0 Å². The van der Waals surface area contributed by atoms with Gasteiger partial charge in [0.05, 0.1) is 0 Å². The van der Waals surface area contributed by atoms with Crippen molar-refractivity contribution in [2.45, 2.75) is 72.2 Å². The predicted octanol–water partition coefficient (Wildman–Crippen LogP) is 2.85. The van der Waals surface area contributed by atoms with Crippen LogP contribution in [0.4, 0.5) is 0 Å². The Morgan fingerprint density at radius 2 is 1.76 bits per heavy atom. The molecule has 4 nitrogen and oxygen atoms in total. The molecule has 100 valence electrons. The molecule has 0 amide bonds. The van der Waals surface area contributed by atoms with E-state index < -0.39 is 11.2 Å². The molecule has 1 aliphatic rings. The smallest absolute Gasteiger partial charge is 0.344 e. The molecule has 0 N–H and O–H groups in total. The van der Waals surface area contributed by atoms with E-state index >= 15 is 0 Å². The summed E-state index contributed by atoms with van der Waals surface area (Å²) < 4.78 is 5.35. The Hall–Kier alpha value is -0.610. The summed E-state index contributed by atoms with van der Waals surface area (Å²) in [5.41, 5.74) is -1.40. The summed E-state index contributed by atoms with van der Waals surface area (Å²) >= 11 is 0. The van der Waals surface area contributed by atoms with Crippen LogP contribution in [-0.2, 0) is 19.3 Å². The van der Waals surface area contributed by atoms with Crippen molar-refractivity contribution in [2.24, 2.45) is 5.41 Å². The van der Waals surface area contributed by atoms with Gasteiger partial charge in [-0.2, -0.15) is 0 Å². The van der Waals surface area contributed by atoms with Crippen molar-refractivity contribution in [3.05, 3.63) is 0 Å². The summed E-state index contributed by atoms with van der Waals surface area (Å²) in [6, 6.07) is 0. The second-order valence-electron chi connectivity index (χ2n) is 7.04. The number of ether oxygens (including phenoxy) is 1. The fourth-order valence-corrected chi connectivity index (χ4v) is 1.59. The average Bonchev–Trinajstić information content (AvgIpc) is 2.07. The molecule has 0 bridgehead atoms. The van der Waals surface area contributed by atoms with Crippen molar-refractivity contribution in [3.8, 4) is 0 Å². The van der Waals surface area contributed by atoms with Crippen molar-refractivity contribution in [1.29, 1.82) is 0 Å². The fraction of sp³-hybridized carbons (Fsp3) is 0.923. The molecule has 2 atom stereocenters. The molecule has 0 aliphatic carbocycles. The van der Waals surface area contributed by atoms with E-state index in [2.05, 4.69) is 20.8 Å². The average molecular weight is 244 g/mol. The van der Waals surface area contributed by atoms with E-state index in [1.54, 1.807) is 6.92 Å². The van der Waals surface area contributed by atoms with Gasteiger partial charge in [0.1, 0.15) is 11.7 Å². The molecular formula is C13H24O4. The van der Waals surface area contributed by atoms with Gasteiger partial charge in [0.25, 0.3) is 0 Å². The van der Waals surface area contributed by atoms with Crippen molar-refractivity contribution < 1.29 is 19.3 Å². The van der Waals surface area contributed by atoms with Crippen LogP contribution in [0.1, 0.15) is 54.9 Å². The minimum absolute atomic E-state index is 0.0811. The van der Waals surface area contributed by atoms with Gasteiger partial charge in [-0.15, -0.1) is 0 Å². The monoisotopic (exact) mass is 244 g/mol. The zero-order valence-electron chi connectivity index (χ0n) is 11.9. The van der Waals surface area contributed by atoms with Crippen LogP contribution in [0.15, 0.2) is 0 Å². The number of hydrogen-bond donors (Lipinski definition) is 0. The van der Waals surface area contributed by atoms with Crippen molar-refractivity contribution in [2.75, 3.05) is 0 Å². The Balaban J connectivity index is 2.66. The maximum atomic E-state index is 12.0. The standard InChI is InChI=1S/C13H24O4/c1-11(2,3)8-9-13(7,17-16-9)10(14)15-12(4,5)6/h9H,8H2,1-7H3. The fourth-order valence-electron chi connectivity index (χ4n) is 1.59. The lowest BCUT2D eigenvalue weighted by Gasteiger charge is -2.45. The molecule has 0 aromatic carbocycles. The lowest BCUT2D eigenvalue weighted by Crippen LogP contribution is -2.61. The van der Waals surface area contributed by atoms with Gasteiger partial charge in [-0.1, -0.05) is 20.8 Å². The minimum Gasteiger partial charge on any atom is -0.458 e. The van der Waals surface area contributed by atoms with Crippen LogP contribution in [0, 0.1) is 5.41 Å². The summed E-state index contributed by atoms with van der Waals surface area (Å²) in [6.07, 6.45) is 0.514. The van der Waals surface area contributed by atoms with Gasteiger partial charge < -0.3 is 4.74 Å². The van der Waals surface area contributed by atoms with Crippen molar-refractivity contribution in [3.63, 3.8) is 0 Å². The van der Waals surface area contributed by atoms with Crippen LogP contribution < -0.4 is 0 Å². The van der Waals surface area contributed by atoms with Crippen LogP contribution in [-0.4, -0.2) is 23.3 Å². The topological polar surface area (TPSA) is 44.8 Å².